The monoisotopic (exact) mass is 228 g/mol. The minimum Gasteiger partial charge on any atom is -0.464 e. The van der Waals surface area contributed by atoms with Crippen molar-refractivity contribution >= 4 is 5.97 Å². The van der Waals surface area contributed by atoms with Gasteiger partial charge in [-0.05, 0) is 13.5 Å². The van der Waals surface area contributed by atoms with Gasteiger partial charge in [-0.15, -0.1) is 0 Å². The lowest BCUT2D eigenvalue weighted by Gasteiger charge is -2.32. The molecule has 0 spiro atoms. The second kappa shape index (κ2) is 6.86. The average Bonchev–Trinajstić information content (AvgIpc) is 2.30. The zero-order valence-electron chi connectivity index (χ0n) is 10.7. The van der Waals surface area contributed by atoms with Gasteiger partial charge in [-0.2, -0.15) is 0 Å². The van der Waals surface area contributed by atoms with Crippen molar-refractivity contribution in [3.8, 4) is 0 Å². The Kier molecular flexibility index (Phi) is 5.77. The maximum absolute atomic E-state index is 11.4. The van der Waals surface area contributed by atoms with E-state index in [2.05, 4.69) is 16.8 Å². The van der Waals surface area contributed by atoms with E-state index in [1.165, 1.54) is 0 Å². The van der Waals surface area contributed by atoms with E-state index in [9.17, 15) is 4.79 Å². The van der Waals surface area contributed by atoms with Crippen molar-refractivity contribution in [3.05, 3.63) is 0 Å². The fourth-order valence-corrected chi connectivity index (χ4v) is 1.66. The molecule has 0 amide bonds. The van der Waals surface area contributed by atoms with Gasteiger partial charge < -0.3 is 9.64 Å². The predicted molar refractivity (Wildman–Crippen MR) is 64.4 cm³/mol. The van der Waals surface area contributed by atoms with E-state index >= 15 is 0 Å². The molecule has 1 aliphatic rings. The SMILES string of the molecule is CC[C@@H](C)C(=O)OCCN1CCN(C)CC1. The van der Waals surface area contributed by atoms with Crippen LogP contribution in [0.3, 0.4) is 0 Å². The molecular formula is C12H24N2O2. The molecule has 1 aliphatic heterocycles. The Morgan fingerprint density at radius 2 is 1.94 bits per heavy atom. The van der Waals surface area contributed by atoms with Gasteiger partial charge in [-0.1, -0.05) is 13.8 Å². The molecule has 1 rings (SSSR count). The molecular weight excluding hydrogens is 204 g/mol. The lowest BCUT2D eigenvalue weighted by atomic mass is 10.1. The van der Waals surface area contributed by atoms with Crippen LogP contribution in [0.4, 0.5) is 0 Å². The smallest absolute Gasteiger partial charge is 0.308 e. The molecule has 0 aromatic carbocycles. The van der Waals surface area contributed by atoms with Crippen LogP contribution >= 0.6 is 0 Å². The van der Waals surface area contributed by atoms with Crippen molar-refractivity contribution in [2.24, 2.45) is 5.92 Å². The zero-order valence-corrected chi connectivity index (χ0v) is 10.7. The van der Waals surface area contributed by atoms with Gasteiger partial charge in [0.2, 0.25) is 0 Å². The summed E-state index contributed by atoms with van der Waals surface area (Å²) >= 11 is 0. The molecule has 0 radical (unpaired) electrons. The third-order valence-corrected chi connectivity index (χ3v) is 3.26. The van der Waals surface area contributed by atoms with E-state index in [4.69, 9.17) is 4.74 Å². The van der Waals surface area contributed by atoms with Gasteiger partial charge in [-0.3, -0.25) is 9.69 Å². The quantitative estimate of drug-likeness (QED) is 0.652. The molecule has 0 N–H and O–H groups in total. The van der Waals surface area contributed by atoms with Gasteiger partial charge in [-0.25, -0.2) is 0 Å². The largest absolute Gasteiger partial charge is 0.464 e. The average molecular weight is 228 g/mol. The van der Waals surface area contributed by atoms with E-state index in [1.807, 2.05) is 13.8 Å². The molecule has 4 nitrogen and oxygen atoms in total. The number of hydrogen-bond donors (Lipinski definition) is 0. The maximum atomic E-state index is 11.4. The van der Waals surface area contributed by atoms with Crippen molar-refractivity contribution in [3.63, 3.8) is 0 Å². The first kappa shape index (κ1) is 13.5. The second-order valence-corrected chi connectivity index (χ2v) is 4.62. The molecule has 1 fully saturated rings. The van der Waals surface area contributed by atoms with Crippen LogP contribution in [0.15, 0.2) is 0 Å². The van der Waals surface area contributed by atoms with Crippen molar-refractivity contribution < 1.29 is 9.53 Å². The van der Waals surface area contributed by atoms with Crippen molar-refractivity contribution in [1.82, 2.24) is 9.80 Å². The first-order valence-electron chi connectivity index (χ1n) is 6.21. The minimum atomic E-state index is -0.0587. The second-order valence-electron chi connectivity index (χ2n) is 4.62. The topological polar surface area (TPSA) is 32.8 Å². The molecule has 0 aromatic heterocycles. The molecule has 16 heavy (non-hydrogen) atoms. The lowest BCUT2D eigenvalue weighted by Crippen LogP contribution is -2.45. The number of carbonyl (C=O) groups is 1. The van der Waals surface area contributed by atoms with E-state index < -0.39 is 0 Å². The number of hydrogen-bond acceptors (Lipinski definition) is 4. The Labute approximate surface area is 98.5 Å². The molecule has 0 unspecified atom stereocenters. The number of piperazine rings is 1. The van der Waals surface area contributed by atoms with Crippen LogP contribution in [0.1, 0.15) is 20.3 Å². The summed E-state index contributed by atoms with van der Waals surface area (Å²) in [7, 11) is 2.14. The van der Waals surface area contributed by atoms with Gasteiger partial charge in [0.1, 0.15) is 6.61 Å². The number of carbonyl (C=O) groups excluding carboxylic acids is 1. The molecule has 0 aromatic rings. The highest BCUT2D eigenvalue weighted by molar-refractivity contribution is 5.71. The third kappa shape index (κ3) is 4.49. The van der Waals surface area contributed by atoms with Gasteiger partial charge in [0.15, 0.2) is 0 Å². The number of esters is 1. The molecule has 0 bridgehead atoms. The molecule has 1 saturated heterocycles. The molecule has 1 atom stereocenters. The standard InChI is InChI=1S/C12H24N2O2/c1-4-11(2)12(15)16-10-9-14-7-5-13(3)6-8-14/h11H,4-10H2,1-3H3/t11-/m1/s1. The Morgan fingerprint density at radius 1 is 1.31 bits per heavy atom. The summed E-state index contributed by atoms with van der Waals surface area (Å²) in [4.78, 5) is 16.1. The van der Waals surface area contributed by atoms with E-state index in [1.54, 1.807) is 0 Å². The Bertz CT molecular complexity index is 213. The molecule has 1 heterocycles. The molecule has 94 valence electrons. The van der Waals surface area contributed by atoms with Crippen LogP contribution in [0, 0.1) is 5.92 Å². The van der Waals surface area contributed by atoms with Gasteiger partial charge >= 0.3 is 5.97 Å². The first-order valence-corrected chi connectivity index (χ1v) is 6.21. The summed E-state index contributed by atoms with van der Waals surface area (Å²) < 4.78 is 5.23. The molecule has 0 aliphatic carbocycles. The van der Waals surface area contributed by atoms with Gasteiger partial charge in [0.05, 0.1) is 5.92 Å². The number of likely N-dealkylation sites (N-methyl/N-ethyl adjacent to an activating group) is 1. The highest BCUT2D eigenvalue weighted by Gasteiger charge is 2.15. The maximum Gasteiger partial charge on any atom is 0.308 e. The van der Waals surface area contributed by atoms with E-state index in [0.29, 0.717) is 6.61 Å². The summed E-state index contributed by atoms with van der Waals surface area (Å²) in [6.07, 6.45) is 0.855. The van der Waals surface area contributed by atoms with Crippen LogP contribution < -0.4 is 0 Å². The molecule has 4 heteroatoms. The Hall–Kier alpha value is -0.610. The normalized spacial score (nSPS) is 20.7. The predicted octanol–water partition coefficient (Wildman–Crippen LogP) is 0.823. The van der Waals surface area contributed by atoms with Crippen molar-refractivity contribution in [2.45, 2.75) is 20.3 Å². The van der Waals surface area contributed by atoms with Crippen LogP contribution in [0.25, 0.3) is 0 Å². The summed E-state index contributed by atoms with van der Waals surface area (Å²) in [5.74, 6) is -0.0240. The van der Waals surface area contributed by atoms with Crippen LogP contribution in [-0.2, 0) is 9.53 Å². The lowest BCUT2D eigenvalue weighted by molar-refractivity contribution is -0.148. The summed E-state index contributed by atoms with van der Waals surface area (Å²) in [5.41, 5.74) is 0. The summed E-state index contributed by atoms with van der Waals surface area (Å²) in [6, 6.07) is 0. The minimum absolute atomic E-state index is 0.0347. The Morgan fingerprint density at radius 3 is 2.50 bits per heavy atom. The Balaban J connectivity index is 2.09. The van der Waals surface area contributed by atoms with Gasteiger partial charge in [0.25, 0.3) is 0 Å². The van der Waals surface area contributed by atoms with E-state index in [0.717, 1.165) is 39.1 Å². The van der Waals surface area contributed by atoms with Gasteiger partial charge in [0, 0.05) is 32.7 Å². The fourth-order valence-electron chi connectivity index (χ4n) is 1.66. The third-order valence-electron chi connectivity index (χ3n) is 3.26. The highest BCUT2D eigenvalue weighted by Crippen LogP contribution is 2.04. The fraction of sp³-hybridized carbons (Fsp3) is 0.917. The van der Waals surface area contributed by atoms with Crippen molar-refractivity contribution in [1.29, 1.82) is 0 Å². The number of ether oxygens (including phenoxy) is 1. The highest BCUT2D eigenvalue weighted by atomic mass is 16.5. The summed E-state index contributed by atoms with van der Waals surface area (Å²) in [5, 5.41) is 0. The van der Waals surface area contributed by atoms with Crippen LogP contribution in [-0.4, -0.2) is 62.1 Å². The molecule has 0 saturated carbocycles. The van der Waals surface area contributed by atoms with Crippen LogP contribution in [0.5, 0.6) is 0 Å². The van der Waals surface area contributed by atoms with Crippen molar-refractivity contribution in [2.75, 3.05) is 46.4 Å². The first-order chi connectivity index (χ1) is 7.63. The summed E-state index contributed by atoms with van der Waals surface area (Å²) in [6.45, 7) is 9.71. The number of nitrogens with zero attached hydrogens (tertiary/aromatic N) is 2. The van der Waals surface area contributed by atoms with Crippen LogP contribution in [0.2, 0.25) is 0 Å². The zero-order chi connectivity index (χ0) is 12.0. The van der Waals surface area contributed by atoms with E-state index in [-0.39, 0.29) is 11.9 Å². The number of rotatable bonds is 5.